The van der Waals surface area contributed by atoms with E-state index in [0.29, 0.717) is 19.6 Å². The second kappa shape index (κ2) is 12.2. The molecule has 1 heterocycles. The van der Waals surface area contributed by atoms with Crippen molar-refractivity contribution in [2.75, 3.05) is 26.7 Å². The number of carbonyl (C=O) groups excluding carboxylic acids is 2. The van der Waals surface area contributed by atoms with Gasteiger partial charge in [0.1, 0.15) is 5.75 Å². The average Bonchev–Trinajstić information content (AvgIpc) is 2.95. The quantitative estimate of drug-likeness (QED) is 0.464. The maximum atomic E-state index is 12.7. The molecule has 1 aliphatic heterocycles. The van der Waals surface area contributed by atoms with Crippen molar-refractivity contribution in [1.82, 2.24) is 15.5 Å². The number of nitrogens with one attached hydrogen (secondary N) is 2. The summed E-state index contributed by atoms with van der Waals surface area (Å²) in [6.45, 7) is 3.32. The number of likely N-dealkylation sites (tertiary alicyclic amines) is 1. The number of amides is 2. The Labute approximate surface area is 219 Å². The van der Waals surface area contributed by atoms with Crippen LogP contribution in [0.3, 0.4) is 0 Å². The van der Waals surface area contributed by atoms with Crippen molar-refractivity contribution >= 4 is 11.8 Å². The van der Waals surface area contributed by atoms with Crippen LogP contribution in [0, 0.1) is 12.3 Å². The fourth-order valence-corrected chi connectivity index (χ4v) is 4.87. The van der Waals surface area contributed by atoms with Crippen molar-refractivity contribution in [3.8, 4) is 29.2 Å². The Morgan fingerprint density at radius 1 is 1.05 bits per heavy atom. The maximum absolute atomic E-state index is 12.7. The van der Waals surface area contributed by atoms with Gasteiger partial charge in [0.25, 0.3) is 0 Å². The van der Waals surface area contributed by atoms with Gasteiger partial charge in [0.15, 0.2) is 0 Å². The van der Waals surface area contributed by atoms with Crippen LogP contribution in [0.1, 0.15) is 36.0 Å². The van der Waals surface area contributed by atoms with Gasteiger partial charge in [-0.1, -0.05) is 54.5 Å². The second-order valence-electron chi connectivity index (χ2n) is 9.29. The molecule has 2 unspecified atom stereocenters. The van der Waals surface area contributed by atoms with Crippen LogP contribution in [0.25, 0.3) is 11.1 Å². The minimum atomic E-state index is -0.201. The Morgan fingerprint density at radius 3 is 2.46 bits per heavy atom. The predicted molar refractivity (Wildman–Crippen MR) is 146 cm³/mol. The van der Waals surface area contributed by atoms with Gasteiger partial charge in [-0.05, 0) is 47.4 Å². The SMILES string of the molecule is C#Cc1ccc(-c2ccc(OC)c(CNC3CCN(C(=O)CNC(C)=O)CC3c3ccccc3)c2)cc1. The van der Waals surface area contributed by atoms with Crippen LogP contribution in [0.2, 0.25) is 0 Å². The summed E-state index contributed by atoms with van der Waals surface area (Å²) >= 11 is 0. The van der Waals surface area contributed by atoms with Crippen molar-refractivity contribution in [3.63, 3.8) is 0 Å². The average molecular weight is 496 g/mol. The zero-order valence-electron chi connectivity index (χ0n) is 21.4. The van der Waals surface area contributed by atoms with Crippen molar-refractivity contribution < 1.29 is 14.3 Å². The van der Waals surface area contributed by atoms with Crippen LogP contribution in [0.4, 0.5) is 0 Å². The Hall–Kier alpha value is -4.08. The standard InChI is InChI=1S/C31H33N3O3/c1-4-23-10-12-24(13-11-23)26-14-15-30(37-3)27(18-26)19-33-29-16-17-34(31(36)20-32-22(2)35)21-28(29)25-8-6-5-7-9-25/h1,5-15,18,28-29,33H,16-17,19-21H2,2-3H3,(H,32,35). The topological polar surface area (TPSA) is 70.7 Å². The Kier molecular flexibility index (Phi) is 8.60. The maximum Gasteiger partial charge on any atom is 0.241 e. The van der Waals surface area contributed by atoms with E-state index in [4.69, 9.17) is 11.2 Å². The lowest BCUT2D eigenvalue weighted by Crippen LogP contribution is -2.51. The van der Waals surface area contributed by atoms with E-state index < -0.39 is 0 Å². The van der Waals surface area contributed by atoms with Gasteiger partial charge in [0.05, 0.1) is 13.7 Å². The van der Waals surface area contributed by atoms with Gasteiger partial charge < -0.3 is 20.3 Å². The van der Waals surface area contributed by atoms with Gasteiger partial charge >= 0.3 is 0 Å². The molecule has 1 fully saturated rings. The molecule has 2 N–H and O–H groups in total. The number of terminal acetylenes is 1. The van der Waals surface area contributed by atoms with Gasteiger partial charge in [-0.15, -0.1) is 6.42 Å². The molecule has 0 spiro atoms. The Morgan fingerprint density at radius 2 is 1.78 bits per heavy atom. The van der Waals surface area contributed by atoms with Crippen molar-refractivity contribution in [1.29, 1.82) is 0 Å². The number of methoxy groups -OCH3 is 1. The normalized spacial score (nSPS) is 17.1. The van der Waals surface area contributed by atoms with E-state index in [2.05, 4.69) is 40.8 Å². The summed E-state index contributed by atoms with van der Waals surface area (Å²) < 4.78 is 5.66. The molecule has 0 radical (unpaired) electrons. The van der Waals surface area contributed by atoms with Crippen LogP contribution in [-0.4, -0.2) is 49.5 Å². The van der Waals surface area contributed by atoms with E-state index in [1.807, 2.05) is 53.4 Å². The van der Waals surface area contributed by atoms with Crippen molar-refractivity contribution in [2.24, 2.45) is 0 Å². The molecule has 1 saturated heterocycles. The lowest BCUT2D eigenvalue weighted by molar-refractivity contribution is -0.133. The number of nitrogens with zero attached hydrogens (tertiary/aromatic N) is 1. The van der Waals surface area contributed by atoms with Gasteiger partial charge in [-0.2, -0.15) is 0 Å². The van der Waals surface area contributed by atoms with Gasteiger partial charge in [-0.25, -0.2) is 0 Å². The lowest BCUT2D eigenvalue weighted by atomic mass is 9.85. The van der Waals surface area contributed by atoms with E-state index >= 15 is 0 Å². The second-order valence-corrected chi connectivity index (χ2v) is 9.29. The van der Waals surface area contributed by atoms with E-state index in [9.17, 15) is 9.59 Å². The first-order valence-electron chi connectivity index (χ1n) is 12.5. The third kappa shape index (κ3) is 6.58. The molecule has 6 nitrogen and oxygen atoms in total. The van der Waals surface area contributed by atoms with Crippen LogP contribution < -0.4 is 15.4 Å². The summed E-state index contributed by atoms with van der Waals surface area (Å²) in [7, 11) is 1.69. The monoisotopic (exact) mass is 495 g/mol. The van der Waals surface area contributed by atoms with Gasteiger partial charge in [0.2, 0.25) is 11.8 Å². The van der Waals surface area contributed by atoms with E-state index in [1.54, 1.807) is 7.11 Å². The minimum Gasteiger partial charge on any atom is -0.496 e. The zero-order chi connectivity index (χ0) is 26.2. The summed E-state index contributed by atoms with van der Waals surface area (Å²) in [4.78, 5) is 25.9. The number of rotatable bonds is 8. The summed E-state index contributed by atoms with van der Waals surface area (Å²) in [6.07, 6.45) is 6.31. The fourth-order valence-electron chi connectivity index (χ4n) is 4.87. The van der Waals surface area contributed by atoms with E-state index in [-0.39, 0.29) is 30.3 Å². The number of carbonyl (C=O) groups is 2. The Balaban J connectivity index is 1.51. The van der Waals surface area contributed by atoms with Crippen LogP contribution in [-0.2, 0) is 16.1 Å². The molecular formula is C31H33N3O3. The molecule has 1 aliphatic rings. The smallest absolute Gasteiger partial charge is 0.241 e. The van der Waals surface area contributed by atoms with Crippen molar-refractivity contribution in [3.05, 3.63) is 89.5 Å². The van der Waals surface area contributed by atoms with E-state index in [0.717, 1.165) is 34.4 Å². The number of ether oxygens (including phenoxy) is 1. The number of hydrogen-bond donors (Lipinski definition) is 2. The van der Waals surface area contributed by atoms with Crippen LogP contribution in [0.15, 0.2) is 72.8 Å². The molecule has 37 heavy (non-hydrogen) atoms. The summed E-state index contributed by atoms with van der Waals surface area (Å²) in [5.41, 5.74) is 5.30. The highest BCUT2D eigenvalue weighted by atomic mass is 16.5. The molecule has 0 saturated carbocycles. The number of piperidine rings is 1. The Bertz CT molecular complexity index is 1270. The number of benzene rings is 3. The molecule has 190 valence electrons. The third-order valence-corrected chi connectivity index (χ3v) is 6.90. The first-order valence-corrected chi connectivity index (χ1v) is 12.5. The molecule has 3 aromatic rings. The molecule has 6 heteroatoms. The highest BCUT2D eigenvalue weighted by Crippen LogP contribution is 2.30. The minimum absolute atomic E-state index is 0.0290. The predicted octanol–water partition coefficient (Wildman–Crippen LogP) is 3.95. The molecule has 3 aromatic carbocycles. The van der Waals surface area contributed by atoms with Gasteiger partial charge in [0, 0.05) is 49.6 Å². The summed E-state index contributed by atoms with van der Waals surface area (Å²) in [5.74, 6) is 3.36. The van der Waals surface area contributed by atoms with Crippen molar-refractivity contribution in [2.45, 2.75) is 31.8 Å². The molecule has 2 amide bonds. The third-order valence-electron chi connectivity index (χ3n) is 6.90. The largest absolute Gasteiger partial charge is 0.496 e. The highest BCUT2D eigenvalue weighted by molar-refractivity contribution is 5.83. The van der Waals surface area contributed by atoms with Crippen LogP contribution in [0.5, 0.6) is 5.75 Å². The fraction of sp³-hybridized carbons (Fsp3) is 0.290. The zero-order valence-corrected chi connectivity index (χ0v) is 21.4. The first kappa shape index (κ1) is 26.0. The highest BCUT2D eigenvalue weighted by Gasteiger charge is 2.32. The summed E-state index contributed by atoms with van der Waals surface area (Å²) in [5, 5.41) is 6.38. The molecule has 2 atom stereocenters. The van der Waals surface area contributed by atoms with E-state index in [1.165, 1.54) is 12.5 Å². The summed E-state index contributed by atoms with van der Waals surface area (Å²) in [6, 6.07) is 24.6. The molecular weight excluding hydrogens is 462 g/mol. The first-order chi connectivity index (χ1) is 18.0. The molecule has 0 bridgehead atoms. The molecule has 0 aromatic heterocycles. The molecule has 0 aliphatic carbocycles. The number of hydrogen-bond acceptors (Lipinski definition) is 4. The van der Waals surface area contributed by atoms with Gasteiger partial charge in [-0.3, -0.25) is 9.59 Å². The van der Waals surface area contributed by atoms with Crippen LogP contribution >= 0.6 is 0 Å². The lowest BCUT2D eigenvalue weighted by Gasteiger charge is -2.39. The molecule has 4 rings (SSSR count).